The minimum atomic E-state index is 0.865. The summed E-state index contributed by atoms with van der Waals surface area (Å²) >= 11 is 1.70. The summed E-state index contributed by atoms with van der Waals surface area (Å²) in [4.78, 5) is 7.94. The Morgan fingerprint density at radius 3 is 3.29 bits per heavy atom. The van der Waals surface area contributed by atoms with Crippen molar-refractivity contribution < 1.29 is 0 Å². The van der Waals surface area contributed by atoms with Gasteiger partial charge in [-0.05, 0) is 30.3 Å². The van der Waals surface area contributed by atoms with E-state index in [1.807, 2.05) is 12.1 Å². The Labute approximate surface area is 87.0 Å². The number of hydrogen-bond acceptors (Lipinski definition) is 4. The molecule has 0 saturated carbocycles. The first kappa shape index (κ1) is 8.17. The third-order valence-electron chi connectivity index (χ3n) is 2.53. The van der Waals surface area contributed by atoms with Crippen molar-refractivity contribution in [3.63, 3.8) is 0 Å². The Hall–Kier alpha value is -1.16. The van der Waals surface area contributed by atoms with E-state index in [0.717, 1.165) is 30.4 Å². The predicted molar refractivity (Wildman–Crippen MR) is 61.0 cm³/mol. The molecule has 0 saturated heterocycles. The molecule has 0 spiro atoms. The van der Waals surface area contributed by atoms with Crippen molar-refractivity contribution in [3.05, 3.63) is 18.2 Å². The van der Waals surface area contributed by atoms with E-state index in [0.29, 0.717) is 0 Å². The van der Waals surface area contributed by atoms with Crippen molar-refractivity contribution >= 4 is 28.3 Å². The standard InChI is InChI=1S/C10H11N3S/c11-7-3-1-4-8-9(7)14-10-12-5-2-6-13(8)10/h1,3-4H,2,5-6,11H2. The normalized spacial score (nSPS) is 18.9. The molecule has 72 valence electrons. The number of aliphatic imine (C=N–C) groups is 1. The van der Waals surface area contributed by atoms with E-state index in [1.54, 1.807) is 11.8 Å². The minimum Gasteiger partial charge on any atom is -0.398 e. The summed E-state index contributed by atoms with van der Waals surface area (Å²) in [5.41, 5.74) is 8.02. The van der Waals surface area contributed by atoms with Crippen molar-refractivity contribution in [3.8, 4) is 0 Å². The van der Waals surface area contributed by atoms with Crippen LogP contribution in [0.4, 0.5) is 11.4 Å². The van der Waals surface area contributed by atoms with E-state index in [9.17, 15) is 0 Å². The van der Waals surface area contributed by atoms with Crippen LogP contribution in [0.15, 0.2) is 28.1 Å². The summed E-state index contributed by atoms with van der Waals surface area (Å²) < 4.78 is 0. The molecule has 0 atom stereocenters. The van der Waals surface area contributed by atoms with Gasteiger partial charge >= 0.3 is 0 Å². The van der Waals surface area contributed by atoms with Crippen LogP contribution in [0, 0.1) is 0 Å². The van der Waals surface area contributed by atoms with Gasteiger partial charge in [0.2, 0.25) is 0 Å². The summed E-state index contributed by atoms with van der Waals surface area (Å²) in [6.07, 6.45) is 1.14. The summed E-state index contributed by atoms with van der Waals surface area (Å²) in [7, 11) is 0. The summed E-state index contributed by atoms with van der Waals surface area (Å²) in [5, 5.41) is 1.11. The second-order valence-electron chi connectivity index (χ2n) is 3.47. The van der Waals surface area contributed by atoms with E-state index in [2.05, 4.69) is 16.0 Å². The summed E-state index contributed by atoms with van der Waals surface area (Å²) in [5.74, 6) is 0. The zero-order valence-corrected chi connectivity index (χ0v) is 8.55. The third-order valence-corrected chi connectivity index (χ3v) is 3.71. The lowest BCUT2D eigenvalue weighted by Gasteiger charge is -2.22. The van der Waals surface area contributed by atoms with Gasteiger partial charge in [0.15, 0.2) is 5.17 Å². The summed E-state index contributed by atoms with van der Waals surface area (Å²) in [6, 6.07) is 6.07. The molecule has 0 aromatic heterocycles. The molecule has 0 bridgehead atoms. The van der Waals surface area contributed by atoms with Crippen molar-refractivity contribution in [1.82, 2.24) is 0 Å². The van der Waals surface area contributed by atoms with Gasteiger partial charge in [-0.25, -0.2) is 0 Å². The quantitative estimate of drug-likeness (QED) is 0.658. The van der Waals surface area contributed by atoms with E-state index in [-0.39, 0.29) is 0 Å². The Morgan fingerprint density at radius 2 is 2.36 bits per heavy atom. The molecule has 0 amide bonds. The highest BCUT2D eigenvalue weighted by atomic mass is 32.2. The van der Waals surface area contributed by atoms with E-state index >= 15 is 0 Å². The average molecular weight is 205 g/mol. The molecule has 2 aliphatic heterocycles. The highest BCUT2D eigenvalue weighted by Crippen LogP contribution is 2.44. The first-order chi connectivity index (χ1) is 6.86. The molecule has 0 fully saturated rings. The molecular formula is C10H11N3S. The zero-order valence-electron chi connectivity index (χ0n) is 7.73. The number of nitrogens with zero attached hydrogens (tertiary/aromatic N) is 2. The zero-order chi connectivity index (χ0) is 9.54. The maximum Gasteiger partial charge on any atom is 0.168 e. The molecule has 14 heavy (non-hydrogen) atoms. The molecule has 3 rings (SSSR count). The van der Waals surface area contributed by atoms with Crippen LogP contribution >= 0.6 is 11.8 Å². The van der Waals surface area contributed by atoms with Gasteiger partial charge in [-0.15, -0.1) is 0 Å². The Bertz CT molecular complexity index is 414. The fourth-order valence-electron chi connectivity index (χ4n) is 1.85. The number of nitrogens with two attached hydrogens (primary N) is 1. The molecule has 2 N–H and O–H groups in total. The number of nitrogen functional groups attached to an aromatic ring is 1. The number of thioether (sulfide) groups is 1. The smallest absolute Gasteiger partial charge is 0.168 e. The Balaban J connectivity index is 2.15. The number of rotatable bonds is 0. The van der Waals surface area contributed by atoms with E-state index < -0.39 is 0 Å². The van der Waals surface area contributed by atoms with Crippen LogP contribution in [0.25, 0.3) is 0 Å². The van der Waals surface area contributed by atoms with Crippen LogP contribution in [0.3, 0.4) is 0 Å². The lowest BCUT2D eigenvalue weighted by atomic mass is 10.2. The van der Waals surface area contributed by atoms with Crippen molar-refractivity contribution in [2.24, 2.45) is 4.99 Å². The second-order valence-corrected chi connectivity index (χ2v) is 4.44. The lowest BCUT2D eigenvalue weighted by molar-refractivity contribution is 0.798. The van der Waals surface area contributed by atoms with Gasteiger partial charge in [-0.3, -0.25) is 4.99 Å². The van der Waals surface area contributed by atoms with E-state index in [4.69, 9.17) is 5.73 Å². The van der Waals surface area contributed by atoms with Crippen molar-refractivity contribution in [1.29, 1.82) is 0 Å². The largest absolute Gasteiger partial charge is 0.398 e. The molecule has 1 aromatic carbocycles. The molecule has 4 heteroatoms. The second kappa shape index (κ2) is 2.92. The first-order valence-corrected chi connectivity index (χ1v) is 5.56. The van der Waals surface area contributed by atoms with Gasteiger partial charge in [0, 0.05) is 18.8 Å². The first-order valence-electron chi connectivity index (χ1n) is 4.74. The monoisotopic (exact) mass is 205 g/mol. The maximum absolute atomic E-state index is 5.92. The predicted octanol–water partition coefficient (Wildman–Crippen LogP) is 1.94. The topological polar surface area (TPSA) is 41.6 Å². The molecule has 2 aliphatic rings. The number of fused-ring (bicyclic) bond motifs is 3. The lowest BCUT2D eigenvalue weighted by Crippen LogP contribution is -2.30. The van der Waals surface area contributed by atoms with Gasteiger partial charge in [-0.1, -0.05) is 6.07 Å². The third kappa shape index (κ3) is 1.04. The van der Waals surface area contributed by atoms with Crippen LogP contribution in [0.5, 0.6) is 0 Å². The number of anilines is 2. The average Bonchev–Trinajstić information content (AvgIpc) is 2.59. The minimum absolute atomic E-state index is 0.865. The summed E-state index contributed by atoms with van der Waals surface area (Å²) in [6.45, 7) is 2.02. The van der Waals surface area contributed by atoms with Crippen LogP contribution < -0.4 is 10.6 Å². The van der Waals surface area contributed by atoms with E-state index in [1.165, 1.54) is 10.6 Å². The molecule has 0 unspecified atom stereocenters. The maximum atomic E-state index is 5.92. The molecule has 2 heterocycles. The number of amidine groups is 1. The Morgan fingerprint density at radius 1 is 1.43 bits per heavy atom. The highest BCUT2D eigenvalue weighted by Gasteiger charge is 2.29. The van der Waals surface area contributed by atoms with Crippen molar-refractivity contribution in [2.75, 3.05) is 23.7 Å². The molecule has 3 nitrogen and oxygen atoms in total. The fourth-order valence-corrected chi connectivity index (χ4v) is 2.96. The van der Waals surface area contributed by atoms with Gasteiger partial charge in [0.1, 0.15) is 0 Å². The molecule has 0 radical (unpaired) electrons. The van der Waals surface area contributed by atoms with Gasteiger partial charge in [-0.2, -0.15) is 0 Å². The molecule has 1 aromatic rings. The Kier molecular flexibility index (Phi) is 1.70. The van der Waals surface area contributed by atoms with Crippen molar-refractivity contribution in [2.45, 2.75) is 11.3 Å². The van der Waals surface area contributed by atoms with Gasteiger partial charge < -0.3 is 10.6 Å². The van der Waals surface area contributed by atoms with Gasteiger partial charge in [0.25, 0.3) is 0 Å². The fraction of sp³-hybridized carbons (Fsp3) is 0.300. The number of benzene rings is 1. The molecular weight excluding hydrogens is 194 g/mol. The highest BCUT2D eigenvalue weighted by molar-refractivity contribution is 8.15. The van der Waals surface area contributed by atoms with Gasteiger partial charge in [0.05, 0.1) is 10.6 Å². The number of hydrogen-bond donors (Lipinski definition) is 1. The van der Waals surface area contributed by atoms with Crippen LogP contribution in [-0.4, -0.2) is 18.3 Å². The molecule has 0 aliphatic carbocycles. The van der Waals surface area contributed by atoms with Crippen LogP contribution in [0.2, 0.25) is 0 Å². The SMILES string of the molecule is Nc1cccc2c1SC1=NCCCN12. The van der Waals surface area contributed by atoms with Crippen LogP contribution in [-0.2, 0) is 0 Å². The van der Waals surface area contributed by atoms with Crippen LogP contribution in [0.1, 0.15) is 6.42 Å².